The second-order valence-corrected chi connectivity index (χ2v) is 4.85. The van der Waals surface area contributed by atoms with Gasteiger partial charge in [0, 0.05) is 19.5 Å². The first-order valence-electron chi connectivity index (χ1n) is 6.25. The first-order chi connectivity index (χ1) is 9.58. The molecule has 1 heterocycles. The Hall–Kier alpha value is -2.62. The molecule has 0 aliphatic carbocycles. The summed E-state index contributed by atoms with van der Waals surface area (Å²) in [6, 6.07) is 13.1. The normalized spacial score (nSPS) is 10.9. The number of amides is 1. The fraction of sp³-hybridized carbons (Fsp3) is 0.125. The van der Waals surface area contributed by atoms with Crippen LogP contribution in [0.5, 0.6) is 0 Å². The molecule has 4 heteroatoms. The van der Waals surface area contributed by atoms with E-state index in [2.05, 4.69) is 0 Å². The van der Waals surface area contributed by atoms with Crippen LogP contribution in [0.25, 0.3) is 21.7 Å². The summed E-state index contributed by atoms with van der Waals surface area (Å²) in [7, 11) is 3.21. The van der Waals surface area contributed by atoms with Crippen molar-refractivity contribution in [3.63, 3.8) is 0 Å². The standard InChI is InChI=1S/C16H13NO3/c1-17(2)15(18)13-9-12-11-6-4-3-5-10(11)7-8-14(12)20-16(13)19/h3-9H,1-2H3. The van der Waals surface area contributed by atoms with Gasteiger partial charge in [0.2, 0.25) is 0 Å². The van der Waals surface area contributed by atoms with Crippen LogP contribution in [0.4, 0.5) is 0 Å². The highest BCUT2D eigenvalue weighted by Crippen LogP contribution is 2.25. The molecule has 0 saturated carbocycles. The zero-order chi connectivity index (χ0) is 14.3. The molecule has 0 unspecified atom stereocenters. The third-order valence-electron chi connectivity index (χ3n) is 3.28. The molecular formula is C16H13NO3. The van der Waals surface area contributed by atoms with Gasteiger partial charge in [-0.2, -0.15) is 0 Å². The lowest BCUT2D eigenvalue weighted by atomic mass is 10.0. The van der Waals surface area contributed by atoms with Gasteiger partial charge in [-0.25, -0.2) is 4.79 Å². The molecule has 0 spiro atoms. The van der Waals surface area contributed by atoms with Crippen molar-refractivity contribution >= 4 is 27.6 Å². The molecule has 0 bridgehead atoms. The first kappa shape index (κ1) is 12.4. The Morgan fingerprint density at radius 3 is 2.55 bits per heavy atom. The van der Waals surface area contributed by atoms with Gasteiger partial charge in [-0.15, -0.1) is 0 Å². The van der Waals surface area contributed by atoms with E-state index < -0.39 is 5.63 Å². The summed E-state index contributed by atoms with van der Waals surface area (Å²) < 4.78 is 5.27. The van der Waals surface area contributed by atoms with E-state index in [9.17, 15) is 9.59 Å². The first-order valence-corrected chi connectivity index (χ1v) is 6.25. The minimum Gasteiger partial charge on any atom is -0.422 e. The monoisotopic (exact) mass is 267 g/mol. The van der Waals surface area contributed by atoms with Gasteiger partial charge in [-0.3, -0.25) is 4.79 Å². The molecule has 2 aromatic carbocycles. The minimum absolute atomic E-state index is 0.0545. The van der Waals surface area contributed by atoms with Gasteiger partial charge in [0.1, 0.15) is 11.1 Å². The summed E-state index contributed by atoms with van der Waals surface area (Å²) in [6.07, 6.45) is 0. The van der Waals surface area contributed by atoms with Crippen LogP contribution in [-0.4, -0.2) is 24.9 Å². The molecular weight excluding hydrogens is 254 g/mol. The predicted octanol–water partition coefficient (Wildman–Crippen LogP) is 2.65. The second kappa shape index (κ2) is 4.49. The van der Waals surface area contributed by atoms with Crippen molar-refractivity contribution in [2.75, 3.05) is 14.1 Å². The Kier molecular flexibility index (Phi) is 2.79. The number of rotatable bonds is 1. The topological polar surface area (TPSA) is 50.5 Å². The molecule has 1 amide bonds. The maximum Gasteiger partial charge on any atom is 0.349 e. The maximum absolute atomic E-state index is 12.0. The van der Waals surface area contributed by atoms with Crippen molar-refractivity contribution in [2.24, 2.45) is 0 Å². The van der Waals surface area contributed by atoms with Crippen LogP contribution in [0, 0.1) is 0 Å². The van der Waals surface area contributed by atoms with Gasteiger partial charge < -0.3 is 9.32 Å². The van der Waals surface area contributed by atoms with Crippen molar-refractivity contribution in [1.82, 2.24) is 4.90 Å². The number of carbonyl (C=O) groups excluding carboxylic acids is 1. The molecule has 20 heavy (non-hydrogen) atoms. The van der Waals surface area contributed by atoms with E-state index in [0.717, 1.165) is 16.2 Å². The van der Waals surface area contributed by atoms with Crippen LogP contribution >= 0.6 is 0 Å². The van der Waals surface area contributed by atoms with Gasteiger partial charge in [0.05, 0.1) is 0 Å². The molecule has 0 radical (unpaired) electrons. The highest BCUT2D eigenvalue weighted by molar-refractivity contribution is 6.07. The van der Waals surface area contributed by atoms with Gasteiger partial charge >= 0.3 is 5.63 Å². The van der Waals surface area contributed by atoms with Gasteiger partial charge in [-0.1, -0.05) is 30.3 Å². The second-order valence-electron chi connectivity index (χ2n) is 4.85. The lowest BCUT2D eigenvalue weighted by molar-refractivity contribution is 0.0823. The fourth-order valence-corrected chi connectivity index (χ4v) is 2.26. The Balaban J connectivity index is 2.40. The molecule has 4 nitrogen and oxygen atoms in total. The summed E-state index contributed by atoms with van der Waals surface area (Å²) in [5.41, 5.74) is -0.0608. The number of carbonyl (C=O) groups is 1. The quantitative estimate of drug-likeness (QED) is 0.503. The average molecular weight is 267 g/mol. The molecule has 0 atom stereocenters. The van der Waals surface area contributed by atoms with E-state index >= 15 is 0 Å². The highest BCUT2D eigenvalue weighted by atomic mass is 16.4. The van der Waals surface area contributed by atoms with Crippen LogP contribution in [0.2, 0.25) is 0 Å². The highest BCUT2D eigenvalue weighted by Gasteiger charge is 2.16. The third-order valence-corrected chi connectivity index (χ3v) is 3.28. The van der Waals surface area contributed by atoms with Crippen LogP contribution in [0.15, 0.2) is 51.7 Å². The molecule has 0 N–H and O–H groups in total. The van der Waals surface area contributed by atoms with Crippen molar-refractivity contribution in [3.8, 4) is 0 Å². The maximum atomic E-state index is 12.0. The number of fused-ring (bicyclic) bond motifs is 3. The van der Waals surface area contributed by atoms with Crippen LogP contribution in [0.1, 0.15) is 10.4 Å². The zero-order valence-electron chi connectivity index (χ0n) is 11.2. The van der Waals surface area contributed by atoms with Gasteiger partial charge in [0.25, 0.3) is 5.91 Å². The molecule has 3 rings (SSSR count). The van der Waals surface area contributed by atoms with Gasteiger partial charge in [0.15, 0.2) is 0 Å². The Morgan fingerprint density at radius 1 is 1.05 bits per heavy atom. The molecule has 0 fully saturated rings. The molecule has 1 aromatic heterocycles. The number of nitrogens with zero attached hydrogens (tertiary/aromatic N) is 1. The Labute approximate surface area is 115 Å². The predicted molar refractivity (Wildman–Crippen MR) is 78.0 cm³/mol. The lowest BCUT2D eigenvalue weighted by Gasteiger charge is -2.10. The zero-order valence-corrected chi connectivity index (χ0v) is 11.2. The summed E-state index contributed by atoms with van der Waals surface area (Å²) in [5, 5.41) is 2.77. The van der Waals surface area contributed by atoms with Crippen molar-refractivity contribution in [1.29, 1.82) is 0 Å². The van der Waals surface area contributed by atoms with Crippen LogP contribution in [0.3, 0.4) is 0 Å². The van der Waals surface area contributed by atoms with Crippen molar-refractivity contribution in [2.45, 2.75) is 0 Å². The SMILES string of the molecule is CN(C)C(=O)c1cc2c(ccc3ccccc32)oc1=O. The summed E-state index contributed by atoms with van der Waals surface area (Å²) in [5.74, 6) is -0.353. The third kappa shape index (κ3) is 1.86. The van der Waals surface area contributed by atoms with Crippen LogP contribution in [-0.2, 0) is 0 Å². The number of benzene rings is 2. The minimum atomic E-state index is -0.605. The summed E-state index contributed by atoms with van der Waals surface area (Å²) >= 11 is 0. The van der Waals surface area contributed by atoms with E-state index in [0.29, 0.717) is 5.58 Å². The van der Waals surface area contributed by atoms with E-state index in [1.807, 2.05) is 30.3 Å². The van der Waals surface area contributed by atoms with Crippen molar-refractivity contribution in [3.05, 3.63) is 58.4 Å². The largest absolute Gasteiger partial charge is 0.422 e. The average Bonchev–Trinajstić information content (AvgIpc) is 2.45. The van der Waals surface area contributed by atoms with Crippen molar-refractivity contribution < 1.29 is 9.21 Å². The molecule has 100 valence electrons. The summed E-state index contributed by atoms with van der Waals surface area (Å²) in [4.78, 5) is 25.3. The van der Waals surface area contributed by atoms with E-state index in [4.69, 9.17) is 4.42 Å². The smallest absolute Gasteiger partial charge is 0.349 e. The fourth-order valence-electron chi connectivity index (χ4n) is 2.26. The lowest BCUT2D eigenvalue weighted by Crippen LogP contribution is -2.27. The van der Waals surface area contributed by atoms with E-state index in [1.165, 1.54) is 4.90 Å². The van der Waals surface area contributed by atoms with E-state index in [1.54, 1.807) is 26.2 Å². The van der Waals surface area contributed by atoms with Crippen LogP contribution < -0.4 is 5.63 Å². The molecule has 3 aromatic rings. The van der Waals surface area contributed by atoms with Gasteiger partial charge in [-0.05, 0) is 22.9 Å². The molecule has 0 aliphatic heterocycles. The molecule has 0 aliphatic rings. The number of hydrogen-bond donors (Lipinski definition) is 0. The van der Waals surface area contributed by atoms with E-state index in [-0.39, 0.29) is 11.5 Å². The number of hydrogen-bond acceptors (Lipinski definition) is 3. The Bertz CT molecular complexity index is 878. The summed E-state index contributed by atoms with van der Waals surface area (Å²) in [6.45, 7) is 0. The Morgan fingerprint density at radius 2 is 1.80 bits per heavy atom. The molecule has 0 saturated heterocycles.